The van der Waals surface area contributed by atoms with Gasteiger partial charge in [-0.3, -0.25) is 4.68 Å². The monoisotopic (exact) mass is 249 g/mol. The summed E-state index contributed by atoms with van der Waals surface area (Å²) in [4.78, 5) is 0. The van der Waals surface area contributed by atoms with Crippen molar-refractivity contribution in [2.75, 3.05) is 7.05 Å². The zero-order chi connectivity index (χ0) is 12.8. The molecule has 0 bridgehead atoms. The third-order valence-corrected chi connectivity index (χ3v) is 4.35. The topological polar surface area (TPSA) is 29.9 Å². The van der Waals surface area contributed by atoms with Gasteiger partial charge in [-0.2, -0.15) is 5.10 Å². The molecule has 3 nitrogen and oxygen atoms in total. The Hall–Kier alpha value is -0.830. The minimum atomic E-state index is 0.672. The van der Waals surface area contributed by atoms with Crippen molar-refractivity contribution in [3.8, 4) is 0 Å². The molecule has 0 saturated heterocycles. The lowest BCUT2D eigenvalue weighted by Crippen LogP contribution is -2.26. The molecule has 3 heteroatoms. The molecule has 1 N–H and O–H groups in total. The summed E-state index contributed by atoms with van der Waals surface area (Å²) >= 11 is 0. The van der Waals surface area contributed by atoms with Gasteiger partial charge in [-0.25, -0.2) is 0 Å². The lowest BCUT2D eigenvalue weighted by atomic mass is 9.96. The predicted octanol–water partition coefficient (Wildman–Crippen LogP) is 2.91. The molecule has 2 rings (SSSR count). The second kappa shape index (κ2) is 6.93. The van der Waals surface area contributed by atoms with Crippen LogP contribution in [0.15, 0.2) is 12.4 Å². The molecule has 0 spiro atoms. The average Bonchev–Trinajstić information content (AvgIpc) is 3.01. The number of hydrogen-bond donors (Lipinski definition) is 1. The Kier molecular flexibility index (Phi) is 5.24. The summed E-state index contributed by atoms with van der Waals surface area (Å²) in [6.07, 6.45) is 15.1. The molecule has 1 aliphatic carbocycles. The number of aryl methyl sites for hydroxylation is 2. The highest BCUT2D eigenvalue weighted by Crippen LogP contribution is 2.29. The van der Waals surface area contributed by atoms with E-state index in [-0.39, 0.29) is 0 Å². The summed E-state index contributed by atoms with van der Waals surface area (Å²) in [5.41, 5.74) is 1.36. The number of nitrogens with zero attached hydrogens (tertiary/aromatic N) is 2. The highest BCUT2D eigenvalue weighted by atomic mass is 15.2. The van der Waals surface area contributed by atoms with Crippen molar-refractivity contribution in [3.05, 3.63) is 18.0 Å². The number of nitrogens with one attached hydrogen (secondary N) is 1. The first-order valence-electron chi connectivity index (χ1n) is 7.42. The van der Waals surface area contributed by atoms with Crippen LogP contribution in [0.5, 0.6) is 0 Å². The summed E-state index contributed by atoms with van der Waals surface area (Å²) < 4.78 is 1.89. The van der Waals surface area contributed by atoms with E-state index in [0.717, 1.165) is 12.3 Å². The van der Waals surface area contributed by atoms with E-state index in [4.69, 9.17) is 0 Å². The Morgan fingerprint density at radius 3 is 2.78 bits per heavy atom. The van der Waals surface area contributed by atoms with Crippen molar-refractivity contribution in [3.63, 3.8) is 0 Å². The van der Waals surface area contributed by atoms with Gasteiger partial charge in [0.05, 0.1) is 6.20 Å². The molecule has 0 aliphatic heterocycles. The third-order valence-electron chi connectivity index (χ3n) is 4.35. The molecule has 1 atom stereocenters. The van der Waals surface area contributed by atoms with E-state index in [2.05, 4.69) is 23.7 Å². The maximum absolute atomic E-state index is 4.23. The molecule has 0 radical (unpaired) electrons. The number of hydrogen-bond acceptors (Lipinski definition) is 2. The zero-order valence-electron chi connectivity index (χ0n) is 11.9. The van der Waals surface area contributed by atoms with E-state index in [9.17, 15) is 0 Å². The molecule has 1 saturated carbocycles. The third kappa shape index (κ3) is 4.13. The van der Waals surface area contributed by atoms with E-state index in [1.807, 2.05) is 17.9 Å². The molecule has 1 aromatic heterocycles. The van der Waals surface area contributed by atoms with Crippen molar-refractivity contribution in [2.24, 2.45) is 13.0 Å². The van der Waals surface area contributed by atoms with Gasteiger partial charge >= 0.3 is 0 Å². The van der Waals surface area contributed by atoms with Crippen LogP contribution in [-0.2, 0) is 13.5 Å². The van der Waals surface area contributed by atoms with Gasteiger partial charge in [0.2, 0.25) is 0 Å². The van der Waals surface area contributed by atoms with Gasteiger partial charge in [0.15, 0.2) is 0 Å². The Morgan fingerprint density at radius 2 is 2.17 bits per heavy atom. The molecular weight excluding hydrogens is 222 g/mol. The Labute approximate surface area is 111 Å². The Bertz CT molecular complexity index is 339. The highest BCUT2D eigenvalue weighted by Gasteiger charge is 2.16. The fraction of sp³-hybridized carbons (Fsp3) is 0.800. The maximum atomic E-state index is 4.23. The van der Waals surface area contributed by atoms with Crippen LogP contribution >= 0.6 is 0 Å². The summed E-state index contributed by atoms with van der Waals surface area (Å²) in [5.74, 6) is 1.01. The lowest BCUT2D eigenvalue weighted by molar-refractivity contribution is 0.406. The number of rotatable bonds is 7. The largest absolute Gasteiger partial charge is 0.317 e. The first-order valence-corrected chi connectivity index (χ1v) is 7.42. The fourth-order valence-corrected chi connectivity index (χ4v) is 3.11. The van der Waals surface area contributed by atoms with Crippen LogP contribution in [0.4, 0.5) is 0 Å². The maximum Gasteiger partial charge on any atom is 0.0521 e. The average molecular weight is 249 g/mol. The van der Waals surface area contributed by atoms with Crippen molar-refractivity contribution in [2.45, 2.75) is 57.4 Å². The van der Waals surface area contributed by atoms with Gasteiger partial charge in [0, 0.05) is 19.3 Å². The van der Waals surface area contributed by atoms with E-state index in [1.165, 1.54) is 50.5 Å². The van der Waals surface area contributed by atoms with E-state index >= 15 is 0 Å². The molecule has 0 aromatic carbocycles. The predicted molar refractivity (Wildman–Crippen MR) is 75.6 cm³/mol. The molecule has 1 unspecified atom stereocenters. The van der Waals surface area contributed by atoms with Gasteiger partial charge in [0.25, 0.3) is 0 Å². The van der Waals surface area contributed by atoms with Crippen molar-refractivity contribution in [1.82, 2.24) is 15.1 Å². The summed E-state index contributed by atoms with van der Waals surface area (Å²) in [5, 5.41) is 7.70. The molecule has 18 heavy (non-hydrogen) atoms. The van der Waals surface area contributed by atoms with Crippen LogP contribution in [0.3, 0.4) is 0 Å². The molecule has 1 aromatic rings. The Morgan fingerprint density at radius 1 is 1.39 bits per heavy atom. The second-order valence-electron chi connectivity index (χ2n) is 5.77. The van der Waals surface area contributed by atoms with Crippen molar-refractivity contribution < 1.29 is 0 Å². The van der Waals surface area contributed by atoms with Crippen LogP contribution in [0.25, 0.3) is 0 Å². The lowest BCUT2D eigenvalue weighted by Gasteiger charge is -2.18. The summed E-state index contributed by atoms with van der Waals surface area (Å²) in [6.45, 7) is 0. The molecule has 1 fully saturated rings. The van der Waals surface area contributed by atoms with E-state index in [0.29, 0.717) is 6.04 Å². The smallest absolute Gasteiger partial charge is 0.0521 e. The molecule has 1 aliphatic rings. The Balaban J connectivity index is 1.68. The van der Waals surface area contributed by atoms with E-state index < -0.39 is 0 Å². The van der Waals surface area contributed by atoms with Gasteiger partial charge in [0.1, 0.15) is 0 Å². The molecule has 0 amide bonds. The minimum absolute atomic E-state index is 0.672. The standard InChI is InChI=1S/C15H27N3/c1-16-15(9-7-13-5-3-4-6-13)10-8-14-11-17-18(2)12-14/h11-13,15-16H,3-10H2,1-2H3. The molecule has 1 heterocycles. The first-order chi connectivity index (χ1) is 8.78. The van der Waals surface area contributed by atoms with Gasteiger partial charge in [-0.1, -0.05) is 25.7 Å². The zero-order valence-corrected chi connectivity index (χ0v) is 11.9. The van der Waals surface area contributed by atoms with Crippen molar-refractivity contribution >= 4 is 0 Å². The second-order valence-corrected chi connectivity index (χ2v) is 5.77. The fourth-order valence-electron chi connectivity index (χ4n) is 3.11. The summed E-state index contributed by atoms with van der Waals surface area (Å²) in [7, 11) is 4.09. The van der Waals surface area contributed by atoms with Crippen LogP contribution in [0.2, 0.25) is 0 Å². The van der Waals surface area contributed by atoms with Gasteiger partial charge < -0.3 is 5.32 Å². The highest BCUT2D eigenvalue weighted by molar-refractivity contribution is 5.03. The minimum Gasteiger partial charge on any atom is -0.317 e. The molecular formula is C15H27N3. The first kappa shape index (κ1) is 13.6. The van der Waals surface area contributed by atoms with Crippen LogP contribution in [-0.4, -0.2) is 22.9 Å². The summed E-state index contributed by atoms with van der Waals surface area (Å²) in [6, 6.07) is 0.672. The number of aromatic nitrogens is 2. The SMILES string of the molecule is CNC(CCc1cnn(C)c1)CCC1CCCC1. The van der Waals surface area contributed by atoms with Crippen molar-refractivity contribution in [1.29, 1.82) is 0 Å². The van der Waals surface area contributed by atoms with Gasteiger partial charge in [-0.15, -0.1) is 0 Å². The van der Waals surface area contributed by atoms with Crippen LogP contribution in [0, 0.1) is 5.92 Å². The normalized spacial score (nSPS) is 18.3. The quantitative estimate of drug-likeness (QED) is 0.805. The van der Waals surface area contributed by atoms with Gasteiger partial charge in [-0.05, 0) is 44.2 Å². The van der Waals surface area contributed by atoms with Crippen LogP contribution in [0.1, 0.15) is 50.5 Å². The van der Waals surface area contributed by atoms with E-state index in [1.54, 1.807) is 0 Å². The molecule has 102 valence electrons. The van der Waals surface area contributed by atoms with Crippen LogP contribution < -0.4 is 5.32 Å².